The van der Waals surface area contributed by atoms with Crippen molar-refractivity contribution in [2.24, 2.45) is 0 Å². The molecule has 1 heterocycles. The fourth-order valence-corrected chi connectivity index (χ4v) is 2.13. The number of aromatic nitrogens is 2. The summed E-state index contributed by atoms with van der Waals surface area (Å²) >= 11 is 0. The summed E-state index contributed by atoms with van der Waals surface area (Å²) in [5.41, 5.74) is 6.23. The number of nitrogens with zero attached hydrogens (tertiary/aromatic N) is 2. The molecule has 1 atom stereocenters. The van der Waals surface area contributed by atoms with Crippen LogP contribution in [0.4, 0.5) is 14.7 Å². The summed E-state index contributed by atoms with van der Waals surface area (Å²) in [6, 6.07) is 1.22. The summed E-state index contributed by atoms with van der Waals surface area (Å²) in [4.78, 5) is 15.9. The van der Waals surface area contributed by atoms with Crippen molar-refractivity contribution in [2.75, 3.05) is 12.3 Å². The Bertz CT molecular complexity index is 655. The minimum absolute atomic E-state index is 0.0184. The maximum absolute atomic E-state index is 13.4. The zero-order chi connectivity index (χ0) is 14.9. The van der Waals surface area contributed by atoms with Crippen molar-refractivity contribution >= 4 is 23.0 Å². The van der Waals surface area contributed by atoms with Crippen molar-refractivity contribution in [2.45, 2.75) is 26.3 Å². The number of esters is 1. The normalized spacial score (nSPS) is 12.6. The number of imidazole rings is 1. The van der Waals surface area contributed by atoms with E-state index < -0.39 is 23.6 Å². The van der Waals surface area contributed by atoms with Crippen LogP contribution in [0.25, 0.3) is 11.0 Å². The highest BCUT2D eigenvalue weighted by molar-refractivity contribution is 5.83. The van der Waals surface area contributed by atoms with Crippen LogP contribution in [0.5, 0.6) is 0 Å². The molecule has 0 saturated carbocycles. The molecule has 0 spiro atoms. The molecule has 1 unspecified atom stereocenters. The van der Waals surface area contributed by atoms with E-state index in [1.165, 1.54) is 4.57 Å². The van der Waals surface area contributed by atoms with Gasteiger partial charge in [0.2, 0.25) is 5.95 Å². The smallest absolute Gasteiger partial charge is 0.329 e. The molecule has 20 heavy (non-hydrogen) atoms. The molecule has 2 aromatic rings. The van der Waals surface area contributed by atoms with Crippen LogP contribution in [-0.4, -0.2) is 22.1 Å². The van der Waals surface area contributed by atoms with E-state index in [1.807, 2.05) is 0 Å². The molecule has 0 amide bonds. The molecule has 2 rings (SSSR count). The topological polar surface area (TPSA) is 70.1 Å². The fraction of sp³-hybridized carbons (Fsp3) is 0.385. The van der Waals surface area contributed by atoms with Gasteiger partial charge in [0.1, 0.15) is 6.04 Å². The minimum Gasteiger partial charge on any atom is -0.464 e. The van der Waals surface area contributed by atoms with E-state index in [0.29, 0.717) is 6.42 Å². The summed E-state index contributed by atoms with van der Waals surface area (Å²) in [6.45, 7) is 3.69. The van der Waals surface area contributed by atoms with Gasteiger partial charge in [-0.25, -0.2) is 18.6 Å². The Labute approximate surface area is 114 Å². The summed E-state index contributed by atoms with van der Waals surface area (Å²) in [5.74, 6) is -2.49. The Balaban J connectivity index is 2.60. The van der Waals surface area contributed by atoms with Crippen LogP contribution >= 0.6 is 0 Å². The van der Waals surface area contributed by atoms with E-state index in [-0.39, 0.29) is 23.6 Å². The van der Waals surface area contributed by atoms with Crippen LogP contribution in [-0.2, 0) is 9.53 Å². The van der Waals surface area contributed by atoms with E-state index in [1.54, 1.807) is 13.8 Å². The first kappa shape index (κ1) is 14.2. The molecular formula is C13H15F2N3O2. The number of halogens is 2. The lowest BCUT2D eigenvalue weighted by molar-refractivity contribution is -0.147. The van der Waals surface area contributed by atoms with Gasteiger partial charge in [0.25, 0.3) is 0 Å². The van der Waals surface area contributed by atoms with Gasteiger partial charge in [-0.05, 0) is 13.3 Å². The first-order valence-corrected chi connectivity index (χ1v) is 6.28. The van der Waals surface area contributed by atoms with Crippen LogP contribution in [0, 0.1) is 11.6 Å². The highest BCUT2D eigenvalue weighted by atomic mass is 19.2. The monoisotopic (exact) mass is 283 g/mol. The summed E-state index contributed by atoms with van der Waals surface area (Å²) in [5, 5.41) is 0. The number of hydrogen-bond donors (Lipinski definition) is 1. The summed E-state index contributed by atoms with van der Waals surface area (Å²) in [7, 11) is 0. The van der Waals surface area contributed by atoms with Gasteiger partial charge < -0.3 is 10.5 Å². The van der Waals surface area contributed by atoms with Gasteiger partial charge in [-0.3, -0.25) is 4.57 Å². The first-order valence-electron chi connectivity index (χ1n) is 6.28. The number of rotatable bonds is 4. The van der Waals surface area contributed by atoms with Crippen molar-refractivity contribution in [1.82, 2.24) is 9.55 Å². The second-order valence-corrected chi connectivity index (χ2v) is 4.27. The third-order valence-electron chi connectivity index (χ3n) is 3.02. The molecule has 5 nitrogen and oxygen atoms in total. The van der Waals surface area contributed by atoms with Gasteiger partial charge in [0.05, 0.1) is 17.6 Å². The number of nitrogen functional groups attached to an aromatic ring is 1. The number of ether oxygens (including phenoxy) is 1. The van der Waals surface area contributed by atoms with Crippen molar-refractivity contribution in [3.05, 3.63) is 23.8 Å². The van der Waals surface area contributed by atoms with Crippen molar-refractivity contribution in [1.29, 1.82) is 0 Å². The van der Waals surface area contributed by atoms with Gasteiger partial charge in [-0.15, -0.1) is 0 Å². The van der Waals surface area contributed by atoms with Gasteiger partial charge in [0, 0.05) is 12.1 Å². The Morgan fingerprint density at radius 1 is 1.40 bits per heavy atom. The predicted octanol–water partition coefficient (Wildman–Crippen LogP) is 2.41. The molecule has 1 aromatic carbocycles. The largest absolute Gasteiger partial charge is 0.464 e. The van der Waals surface area contributed by atoms with Gasteiger partial charge in [-0.1, -0.05) is 6.92 Å². The third kappa shape index (κ3) is 2.31. The van der Waals surface area contributed by atoms with Crippen LogP contribution in [0.2, 0.25) is 0 Å². The van der Waals surface area contributed by atoms with Crippen molar-refractivity contribution < 1.29 is 18.3 Å². The zero-order valence-corrected chi connectivity index (χ0v) is 11.2. The number of hydrogen-bond acceptors (Lipinski definition) is 4. The standard InChI is InChI=1S/C13H15F2N3O2/c1-3-10(12(19)20-4-2)18-11-6-8(15)7(14)5-9(11)17-13(18)16/h5-6,10H,3-4H2,1-2H3,(H2,16,17). The molecule has 0 aliphatic heterocycles. The SMILES string of the molecule is CCOC(=O)C(CC)n1c(N)nc2cc(F)c(F)cc21. The Morgan fingerprint density at radius 2 is 2.05 bits per heavy atom. The van der Waals surface area contributed by atoms with Gasteiger partial charge >= 0.3 is 5.97 Å². The number of nitrogens with two attached hydrogens (primary N) is 1. The van der Waals surface area contributed by atoms with E-state index >= 15 is 0 Å². The summed E-state index contributed by atoms with van der Waals surface area (Å²) < 4.78 is 32.9. The van der Waals surface area contributed by atoms with E-state index in [4.69, 9.17) is 10.5 Å². The Kier molecular flexibility index (Phi) is 3.87. The molecule has 0 aliphatic carbocycles. The molecule has 108 valence electrons. The van der Waals surface area contributed by atoms with Gasteiger partial charge in [0.15, 0.2) is 11.6 Å². The molecule has 7 heteroatoms. The molecule has 2 N–H and O–H groups in total. The van der Waals surface area contributed by atoms with Crippen LogP contribution in [0.1, 0.15) is 26.3 Å². The maximum Gasteiger partial charge on any atom is 0.329 e. The van der Waals surface area contributed by atoms with E-state index in [2.05, 4.69) is 4.98 Å². The lowest BCUT2D eigenvalue weighted by Gasteiger charge is -2.17. The van der Waals surface area contributed by atoms with Gasteiger partial charge in [-0.2, -0.15) is 0 Å². The lowest BCUT2D eigenvalue weighted by Crippen LogP contribution is -2.22. The Morgan fingerprint density at radius 3 is 2.65 bits per heavy atom. The third-order valence-corrected chi connectivity index (χ3v) is 3.02. The molecule has 1 aromatic heterocycles. The lowest BCUT2D eigenvalue weighted by atomic mass is 10.2. The van der Waals surface area contributed by atoms with Crippen LogP contribution in [0.3, 0.4) is 0 Å². The highest BCUT2D eigenvalue weighted by Gasteiger charge is 2.25. The molecule has 0 radical (unpaired) electrons. The molecular weight excluding hydrogens is 268 g/mol. The molecule has 0 aliphatic rings. The van der Waals surface area contributed by atoms with E-state index in [0.717, 1.165) is 12.1 Å². The van der Waals surface area contributed by atoms with Crippen LogP contribution in [0.15, 0.2) is 12.1 Å². The first-order chi connectivity index (χ1) is 9.49. The number of carbonyl (C=O) groups is 1. The average molecular weight is 283 g/mol. The zero-order valence-electron chi connectivity index (χ0n) is 11.2. The average Bonchev–Trinajstić information content (AvgIpc) is 2.68. The number of anilines is 1. The number of benzene rings is 1. The predicted molar refractivity (Wildman–Crippen MR) is 70.0 cm³/mol. The minimum atomic E-state index is -1.02. The quantitative estimate of drug-likeness (QED) is 0.875. The molecule has 0 saturated heterocycles. The second-order valence-electron chi connectivity index (χ2n) is 4.27. The molecule has 0 fully saturated rings. The second kappa shape index (κ2) is 5.44. The van der Waals surface area contributed by atoms with Crippen molar-refractivity contribution in [3.8, 4) is 0 Å². The Hall–Kier alpha value is -2.18. The highest BCUT2D eigenvalue weighted by Crippen LogP contribution is 2.27. The van der Waals surface area contributed by atoms with E-state index in [9.17, 15) is 13.6 Å². The van der Waals surface area contributed by atoms with Crippen molar-refractivity contribution in [3.63, 3.8) is 0 Å². The van der Waals surface area contributed by atoms with Crippen LogP contribution < -0.4 is 5.73 Å². The number of carbonyl (C=O) groups excluding carboxylic acids is 1. The number of fused-ring (bicyclic) bond motifs is 1. The maximum atomic E-state index is 13.4. The fourth-order valence-electron chi connectivity index (χ4n) is 2.13. The molecule has 0 bridgehead atoms. The summed E-state index contributed by atoms with van der Waals surface area (Å²) in [6.07, 6.45) is 0.396.